The van der Waals surface area contributed by atoms with E-state index in [0.29, 0.717) is 26.1 Å². The van der Waals surface area contributed by atoms with Gasteiger partial charge in [0.05, 0.1) is 18.7 Å². The molecule has 0 unspecified atom stereocenters. The Balaban J connectivity index is 1.37. The van der Waals surface area contributed by atoms with Gasteiger partial charge in [-0.15, -0.1) is 0 Å². The quantitative estimate of drug-likeness (QED) is 0.110. The van der Waals surface area contributed by atoms with Crippen LogP contribution in [0.3, 0.4) is 0 Å². The van der Waals surface area contributed by atoms with E-state index in [-0.39, 0.29) is 13.0 Å². The summed E-state index contributed by atoms with van der Waals surface area (Å²) in [6, 6.07) is 18.1. The SMILES string of the molecule is Cc1cc(C)c(OCCCCOc2ccc(C=Cc3cccc4c(CCCC(=O)O)c(C)n(CC(=O)O)c34)cc2)c(C)c1. The molecule has 3 aromatic carbocycles. The first kappa shape index (κ1) is 31.4. The van der Waals surface area contributed by atoms with Crippen LogP contribution in [0.4, 0.5) is 0 Å². The molecule has 0 atom stereocenters. The van der Waals surface area contributed by atoms with Gasteiger partial charge in [-0.2, -0.15) is 0 Å². The van der Waals surface area contributed by atoms with E-state index in [9.17, 15) is 14.7 Å². The van der Waals surface area contributed by atoms with E-state index in [1.165, 1.54) is 16.7 Å². The van der Waals surface area contributed by atoms with Crippen molar-refractivity contribution in [3.05, 3.63) is 93.7 Å². The molecule has 0 amide bonds. The number of aromatic nitrogens is 1. The van der Waals surface area contributed by atoms with Crippen molar-refractivity contribution in [2.24, 2.45) is 0 Å². The minimum atomic E-state index is -0.921. The molecule has 7 heteroatoms. The average Bonchev–Trinajstić information content (AvgIpc) is 3.21. The molecular formula is C36H41NO6. The minimum Gasteiger partial charge on any atom is -0.494 e. The molecule has 0 aliphatic rings. The van der Waals surface area contributed by atoms with E-state index in [1.807, 2.05) is 66.1 Å². The highest BCUT2D eigenvalue weighted by atomic mass is 16.5. The van der Waals surface area contributed by atoms with E-state index in [2.05, 4.69) is 32.9 Å². The van der Waals surface area contributed by atoms with Crippen LogP contribution < -0.4 is 9.47 Å². The number of hydrogen-bond donors (Lipinski definition) is 2. The van der Waals surface area contributed by atoms with Gasteiger partial charge >= 0.3 is 11.9 Å². The maximum absolute atomic E-state index is 11.7. The highest BCUT2D eigenvalue weighted by molar-refractivity contribution is 5.95. The molecular weight excluding hydrogens is 542 g/mol. The van der Waals surface area contributed by atoms with Gasteiger partial charge in [-0.25, -0.2) is 0 Å². The molecule has 1 aromatic heterocycles. The molecule has 0 spiro atoms. The van der Waals surface area contributed by atoms with Crippen LogP contribution in [0.15, 0.2) is 54.6 Å². The third-order valence-corrected chi connectivity index (χ3v) is 7.61. The van der Waals surface area contributed by atoms with Crippen LogP contribution in [0.25, 0.3) is 23.1 Å². The molecule has 0 aliphatic heterocycles. The number of aryl methyl sites for hydroxylation is 4. The van der Waals surface area contributed by atoms with Crippen molar-refractivity contribution in [2.75, 3.05) is 13.2 Å². The lowest BCUT2D eigenvalue weighted by Gasteiger charge is -2.13. The van der Waals surface area contributed by atoms with Crippen molar-refractivity contribution < 1.29 is 29.3 Å². The van der Waals surface area contributed by atoms with Gasteiger partial charge in [-0.05, 0) is 93.3 Å². The molecule has 226 valence electrons. The molecule has 0 bridgehead atoms. The lowest BCUT2D eigenvalue weighted by molar-refractivity contribution is -0.138. The first-order valence-corrected chi connectivity index (χ1v) is 14.8. The summed E-state index contributed by atoms with van der Waals surface area (Å²) >= 11 is 0. The monoisotopic (exact) mass is 583 g/mol. The summed E-state index contributed by atoms with van der Waals surface area (Å²) in [6.07, 6.45) is 6.95. The molecule has 7 nitrogen and oxygen atoms in total. The Hall–Kier alpha value is -4.52. The Morgan fingerprint density at radius 3 is 2.14 bits per heavy atom. The molecule has 0 saturated heterocycles. The standard InChI is InChI=1S/C36H41NO6/c1-24-21-25(2)36(26(3)22-24)43-20-6-5-19-42-30-17-14-28(15-18-30)13-16-29-9-7-11-32-31(10-8-12-33(38)39)27(4)37(35(29)32)23-34(40)41/h7,9,11,13-18,21-22H,5-6,8,10,12,19-20,23H2,1-4H3,(H,38,39)(H,40,41). The number of ether oxygens (including phenoxy) is 2. The Morgan fingerprint density at radius 2 is 1.49 bits per heavy atom. The van der Waals surface area contributed by atoms with Gasteiger partial charge in [-0.3, -0.25) is 9.59 Å². The number of para-hydroxylation sites is 1. The number of unbranched alkanes of at least 4 members (excludes halogenated alkanes) is 1. The summed E-state index contributed by atoms with van der Waals surface area (Å²) in [7, 11) is 0. The van der Waals surface area contributed by atoms with E-state index < -0.39 is 11.9 Å². The normalized spacial score (nSPS) is 11.3. The van der Waals surface area contributed by atoms with Gasteiger partial charge in [-0.1, -0.05) is 60.2 Å². The molecule has 2 N–H and O–H groups in total. The number of aliphatic carboxylic acids is 2. The second-order valence-electron chi connectivity index (χ2n) is 11.1. The van der Waals surface area contributed by atoms with Crippen molar-refractivity contribution >= 4 is 35.0 Å². The minimum absolute atomic E-state index is 0.0756. The van der Waals surface area contributed by atoms with Gasteiger partial charge in [0.15, 0.2) is 0 Å². The molecule has 4 aromatic rings. The Morgan fingerprint density at radius 1 is 0.814 bits per heavy atom. The number of hydrogen-bond acceptors (Lipinski definition) is 4. The zero-order chi connectivity index (χ0) is 30.9. The second kappa shape index (κ2) is 14.6. The van der Waals surface area contributed by atoms with E-state index >= 15 is 0 Å². The highest BCUT2D eigenvalue weighted by Crippen LogP contribution is 2.31. The van der Waals surface area contributed by atoms with Gasteiger partial charge in [0.25, 0.3) is 0 Å². The number of carboxylic acids is 2. The number of rotatable bonds is 15. The maximum atomic E-state index is 11.7. The summed E-state index contributed by atoms with van der Waals surface area (Å²) in [4.78, 5) is 22.7. The number of carboxylic acid groups (broad SMARTS) is 2. The van der Waals surface area contributed by atoms with Gasteiger partial charge < -0.3 is 24.3 Å². The third kappa shape index (κ3) is 8.28. The summed E-state index contributed by atoms with van der Waals surface area (Å²) in [5, 5.41) is 19.6. The number of nitrogens with zero attached hydrogens (tertiary/aromatic N) is 1. The van der Waals surface area contributed by atoms with Crippen LogP contribution in [-0.4, -0.2) is 39.9 Å². The number of carbonyl (C=O) groups is 2. The molecule has 0 fully saturated rings. The molecule has 1 heterocycles. The predicted molar refractivity (Wildman–Crippen MR) is 171 cm³/mol. The first-order valence-electron chi connectivity index (χ1n) is 14.8. The topological polar surface area (TPSA) is 98.0 Å². The van der Waals surface area contributed by atoms with Crippen LogP contribution in [0.5, 0.6) is 11.5 Å². The fraction of sp³-hybridized carbons (Fsp3) is 0.333. The fourth-order valence-corrected chi connectivity index (χ4v) is 5.65. The molecule has 0 saturated carbocycles. The van der Waals surface area contributed by atoms with Crippen LogP contribution >= 0.6 is 0 Å². The van der Waals surface area contributed by atoms with Gasteiger partial charge in [0.1, 0.15) is 18.0 Å². The van der Waals surface area contributed by atoms with E-state index in [0.717, 1.165) is 57.6 Å². The average molecular weight is 584 g/mol. The summed E-state index contributed by atoms with van der Waals surface area (Å²) in [5.74, 6) is 0.0335. The van der Waals surface area contributed by atoms with Crippen molar-refractivity contribution in [1.82, 2.24) is 4.57 Å². The number of fused-ring (bicyclic) bond motifs is 1. The van der Waals surface area contributed by atoms with Crippen molar-refractivity contribution in [3.63, 3.8) is 0 Å². The highest BCUT2D eigenvalue weighted by Gasteiger charge is 2.18. The van der Waals surface area contributed by atoms with Crippen molar-refractivity contribution in [1.29, 1.82) is 0 Å². The second-order valence-corrected chi connectivity index (χ2v) is 11.1. The predicted octanol–water partition coefficient (Wildman–Crippen LogP) is 7.78. The largest absolute Gasteiger partial charge is 0.494 e. The van der Waals surface area contributed by atoms with Crippen LogP contribution in [0.1, 0.15) is 64.8 Å². The van der Waals surface area contributed by atoms with Crippen LogP contribution in [0, 0.1) is 27.7 Å². The van der Waals surface area contributed by atoms with E-state index in [4.69, 9.17) is 14.6 Å². The van der Waals surface area contributed by atoms with Crippen molar-refractivity contribution in [3.8, 4) is 11.5 Å². The summed E-state index contributed by atoms with van der Waals surface area (Å²) < 4.78 is 13.8. The zero-order valence-corrected chi connectivity index (χ0v) is 25.5. The first-order chi connectivity index (χ1) is 20.6. The Kier molecular flexibility index (Phi) is 10.7. The van der Waals surface area contributed by atoms with E-state index in [1.54, 1.807) is 0 Å². The van der Waals surface area contributed by atoms with Gasteiger partial charge in [0, 0.05) is 17.5 Å². The lowest BCUT2D eigenvalue weighted by Crippen LogP contribution is -2.10. The fourth-order valence-electron chi connectivity index (χ4n) is 5.65. The molecule has 4 rings (SSSR count). The molecule has 0 radical (unpaired) electrons. The maximum Gasteiger partial charge on any atom is 0.323 e. The Bertz CT molecular complexity index is 1590. The smallest absolute Gasteiger partial charge is 0.323 e. The summed E-state index contributed by atoms with van der Waals surface area (Å²) in [5.41, 5.74) is 8.19. The van der Waals surface area contributed by atoms with Crippen molar-refractivity contribution in [2.45, 2.75) is 66.3 Å². The lowest BCUT2D eigenvalue weighted by atomic mass is 10.0. The molecule has 0 aliphatic carbocycles. The zero-order valence-electron chi connectivity index (χ0n) is 25.5. The Labute approximate surface area is 253 Å². The number of benzene rings is 3. The summed E-state index contributed by atoms with van der Waals surface area (Å²) in [6.45, 7) is 9.28. The molecule has 43 heavy (non-hydrogen) atoms. The van der Waals surface area contributed by atoms with Gasteiger partial charge in [0.2, 0.25) is 0 Å². The van der Waals surface area contributed by atoms with Crippen LogP contribution in [0.2, 0.25) is 0 Å². The van der Waals surface area contributed by atoms with Crippen LogP contribution in [-0.2, 0) is 22.6 Å². The third-order valence-electron chi connectivity index (χ3n) is 7.61.